The summed E-state index contributed by atoms with van der Waals surface area (Å²) in [5.74, 6) is 0.652. The van der Waals surface area contributed by atoms with Gasteiger partial charge in [-0.05, 0) is 30.4 Å². The zero-order valence-corrected chi connectivity index (χ0v) is 15.5. The Morgan fingerprint density at radius 2 is 2.15 bits per heavy atom. The van der Waals surface area contributed by atoms with Crippen LogP contribution in [0.15, 0.2) is 35.3 Å². The Morgan fingerprint density at radius 3 is 2.85 bits per heavy atom. The Morgan fingerprint density at radius 1 is 1.33 bits per heavy atom. The molecule has 3 N–H and O–H groups in total. The van der Waals surface area contributed by atoms with Crippen molar-refractivity contribution >= 4 is 23.2 Å². The van der Waals surface area contributed by atoms with Gasteiger partial charge >= 0.3 is 0 Å². The summed E-state index contributed by atoms with van der Waals surface area (Å²) in [4.78, 5) is 30.2. The van der Waals surface area contributed by atoms with Crippen molar-refractivity contribution in [3.63, 3.8) is 0 Å². The van der Waals surface area contributed by atoms with Gasteiger partial charge in [-0.2, -0.15) is 16.4 Å². The first kappa shape index (κ1) is 17.5. The van der Waals surface area contributed by atoms with E-state index in [1.807, 2.05) is 21.7 Å². The Labute approximate surface area is 160 Å². The third-order valence-electron chi connectivity index (χ3n) is 4.85. The number of aromatic amines is 1. The van der Waals surface area contributed by atoms with Crippen LogP contribution in [-0.4, -0.2) is 49.6 Å². The second-order valence-electron chi connectivity index (χ2n) is 6.63. The molecule has 4 rings (SSSR count). The molecule has 0 unspecified atom stereocenters. The Bertz CT molecular complexity index is 937. The predicted octanol–water partition coefficient (Wildman–Crippen LogP) is 1.84. The van der Waals surface area contributed by atoms with Gasteiger partial charge in [-0.1, -0.05) is 0 Å². The zero-order chi connectivity index (χ0) is 18.8. The second kappa shape index (κ2) is 7.36. The summed E-state index contributed by atoms with van der Waals surface area (Å²) in [7, 11) is 0. The number of carbonyl (C=O) groups is 2. The Balaban J connectivity index is 1.40. The molecule has 0 aromatic carbocycles. The van der Waals surface area contributed by atoms with Crippen molar-refractivity contribution in [1.29, 1.82) is 0 Å². The highest BCUT2D eigenvalue weighted by atomic mass is 32.1. The van der Waals surface area contributed by atoms with Gasteiger partial charge in [0.1, 0.15) is 18.1 Å². The predicted molar refractivity (Wildman–Crippen MR) is 101 cm³/mol. The maximum absolute atomic E-state index is 12.8. The molecule has 27 heavy (non-hydrogen) atoms. The quantitative estimate of drug-likeness (QED) is 0.699. The van der Waals surface area contributed by atoms with Crippen LogP contribution in [0.25, 0.3) is 11.3 Å². The molecule has 3 aromatic rings. The van der Waals surface area contributed by atoms with Gasteiger partial charge in [-0.15, -0.1) is 0 Å². The largest absolute Gasteiger partial charge is 0.368 e. The fourth-order valence-electron chi connectivity index (χ4n) is 3.48. The first-order valence-electron chi connectivity index (χ1n) is 8.78. The minimum Gasteiger partial charge on any atom is -0.368 e. The minimum atomic E-state index is -0.387. The summed E-state index contributed by atoms with van der Waals surface area (Å²) in [5.41, 5.74) is 7.59. The molecule has 0 radical (unpaired) electrons. The number of amides is 2. The highest BCUT2D eigenvalue weighted by Gasteiger charge is 2.28. The Hall–Kier alpha value is -2.94. The van der Waals surface area contributed by atoms with E-state index in [0.717, 1.165) is 29.9 Å². The number of likely N-dealkylation sites (tertiary alicyclic amines) is 1. The number of nitrogens with two attached hydrogens (primary N) is 1. The lowest BCUT2D eigenvalue weighted by Gasteiger charge is -2.31. The number of hydrogen-bond donors (Lipinski definition) is 2. The molecule has 1 aliphatic heterocycles. The normalized spacial score (nSPS) is 15.2. The summed E-state index contributed by atoms with van der Waals surface area (Å²) in [6, 6.07) is 3.78. The molecule has 0 bridgehead atoms. The van der Waals surface area contributed by atoms with Crippen LogP contribution in [0.1, 0.15) is 35.1 Å². The number of thiophene rings is 1. The van der Waals surface area contributed by atoms with Gasteiger partial charge < -0.3 is 15.2 Å². The van der Waals surface area contributed by atoms with E-state index in [0.29, 0.717) is 18.8 Å². The van der Waals surface area contributed by atoms with Crippen LogP contribution in [0.3, 0.4) is 0 Å². The molecule has 0 atom stereocenters. The lowest BCUT2D eigenvalue weighted by Crippen LogP contribution is -2.38. The standard InChI is InChI=1S/C18H20N6O2S/c19-16(25)10-24-7-4-20-17(24)12-1-5-23(6-2-12)18(26)15-9-14(21-22-15)13-3-8-27-11-13/h3-4,7-9,11-12H,1-2,5-6,10H2,(H2,19,25)(H,21,22). The third-order valence-corrected chi connectivity index (χ3v) is 5.53. The number of aromatic nitrogens is 4. The second-order valence-corrected chi connectivity index (χ2v) is 7.41. The van der Waals surface area contributed by atoms with Crippen LogP contribution in [0.2, 0.25) is 0 Å². The fraction of sp³-hybridized carbons (Fsp3) is 0.333. The van der Waals surface area contributed by atoms with Crippen molar-refractivity contribution in [2.24, 2.45) is 5.73 Å². The van der Waals surface area contributed by atoms with Crippen LogP contribution in [0.5, 0.6) is 0 Å². The first-order valence-corrected chi connectivity index (χ1v) is 9.72. The Kier molecular flexibility index (Phi) is 4.76. The molecule has 2 amide bonds. The van der Waals surface area contributed by atoms with Crippen LogP contribution in [0.4, 0.5) is 0 Å². The molecule has 0 aliphatic carbocycles. The van der Waals surface area contributed by atoms with Gasteiger partial charge in [0, 0.05) is 42.3 Å². The summed E-state index contributed by atoms with van der Waals surface area (Å²) < 4.78 is 1.80. The summed E-state index contributed by atoms with van der Waals surface area (Å²) >= 11 is 1.60. The number of piperidine rings is 1. The van der Waals surface area contributed by atoms with Crippen molar-refractivity contribution < 1.29 is 9.59 Å². The molecule has 140 valence electrons. The van der Waals surface area contributed by atoms with E-state index in [9.17, 15) is 9.59 Å². The minimum absolute atomic E-state index is 0.0390. The van der Waals surface area contributed by atoms with Crippen molar-refractivity contribution in [3.05, 3.63) is 46.8 Å². The van der Waals surface area contributed by atoms with E-state index < -0.39 is 0 Å². The number of carbonyl (C=O) groups excluding carboxylic acids is 2. The fourth-order valence-corrected chi connectivity index (χ4v) is 4.13. The maximum atomic E-state index is 12.8. The van der Waals surface area contributed by atoms with Crippen LogP contribution in [0, 0.1) is 0 Å². The van der Waals surface area contributed by atoms with Gasteiger partial charge in [0.25, 0.3) is 5.91 Å². The summed E-state index contributed by atoms with van der Waals surface area (Å²) in [5, 5.41) is 11.1. The number of nitrogens with zero attached hydrogens (tertiary/aromatic N) is 4. The molecule has 1 aliphatic rings. The molecule has 1 saturated heterocycles. The van der Waals surface area contributed by atoms with Crippen LogP contribution < -0.4 is 5.73 Å². The smallest absolute Gasteiger partial charge is 0.271 e. The number of hydrogen-bond acceptors (Lipinski definition) is 5. The summed E-state index contributed by atoms with van der Waals surface area (Å²) in [6.07, 6.45) is 5.06. The monoisotopic (exact) mass is 384 g/mol. The van der Waals surface area contributed by atoms with E-state index >= 15 is 0 Å². The van der Waals surface area contributed by atoms with Gasteiger partial charge in [-0.25, -0.2) is 4.98 Å². The van der Waals surface area contributed by atoms with Crippen LogP contribution in [-0.2, 0) is 11.3 Å². The van der Waals surface area contributed by atoms with Gasteiger partial charge in [0.15, 0.2) is 0 Å². The third kappa shape index (κ3) is 3.63. The molecule has 4 heterocycles. The maximum Gasteiger partial charge on any atom is 0.271 e. The highest BCUT2D eigenvalue weighted by Crippen LogP contribution is 2.28. The first-order chi connectivity index (χ1) is 13.1. The van der Waals surface area contributed by atoms with E-state index in [2.05, 4.69) is 15.2 Å². The lowest BCUT2D eigenvalue weighted by molar-refractivity contribution is -0.118. The average molecular weight is 384 g/mol. The lowest BCUT2D eigenvalue weighted by atomic mass is 9.95. The van der Waals surface area contributed by atoms with E-state index in [4.69, 9.17) is 5.73 Å². The van der Waals surface area contributed by atoms with Crippen molar-refractivity contribution in [3.8, 4) is 11.3 Å². The van der Waals surface area contributed by atoms with Gasteiger partial charge in [0.2, 0.25) is 5.91 Å². The number of nitrogens with one attached hydrogen (secondary N) is 1. The van der Waals surface area contributed by atoms with Gasteiger partial charge in [0.05, 0.1) is 5.69 Å². The number of imidazole rings is 1. The molecule has 0 saturated carbocycles. The number of primary amides is 1. The zero-order valence-electron chi connectivity index (χ0n) is 14.7. The molecule has 0 spiro atoms. The average Bonchev–Trinajstić information content (AvgIpc) is 3.41. The molecule has 8 nitrogen and oxygen atoms in total. The molecule has 1 fully saturated rings. The van der Waals surface area contributed by atoms with Crippen molar-refractivity contribution in [1.82, 2.24) is 24.6 Å². The number of H-pyrrole nitrogens is 1. The molecule has 3 aromatic heterocycles. The molecule has 9 heteroatoms. The summed E-state index contributed by atoms with van der Waals surface area (Å²) in [6.45, 7) is 1.41. The molecular formula is C18H20N6O2S. The van der Waals surface area contributed by atoms with Crippen molar-refractivity contribution in [2.45, 2.75) is 25.3 Å². The van der Waals surface area contributed by atoms with Crippen molar-refractivity contribution in [2.75, 3.05) is 13.1 Å². The van der Waals surface area contributed by atoms with E-state index in [1.54, 1.807) is 34.4 Å². The topological polar surface area (TPSA) is 110 Å². The van der Waals surface area contributed by atoms with Gasteiger partial charge in [-0.3, -0.25) is 14.7 Å². The SMILES string of the molecule is NC(=O)Cn1ccnc1C1CCN(C(=O)c2cc(-c3ccsc3)n[nH]2)CC1. The molecular weight excluding hydrogens is 364 g/mol. The van der Waals surface area contributed by atoms with E-state index in [1.165, 1.54) is 0 Å². The number of rotatable bonds is 5. The van der Waals surface area contributed by atoms with Crippen LogP contribution >= 0.6 is 11.3 Å². The highest BCUT2D eigenvalue weighted by molar-refractivity contribution is 7.08. The van der Waals surface area contributed by atoms with E-state index in [-0.39, 0.29) is 24.3 Å².